The number of carbonyl (C=O) groups is 2. The molecular weight excluding hydrogens is 531 g/mol. The smallest absolute Gasteiger partial charge is 0.301 e. The van der Waals surface area contributed by atoms with E-state index in [0.717, 1.165) is 30.6 Å². The Morgan fingerprint density at radius 1 is 0.975 bits per heavy atom. The number of aliphatic hydroxyl groups is 1. The molecule has 5 rings (SSSR count). The summed E-state index contributed by atoms with van der Waals surface area (Å²) in [6.07, 6.45) is 2.70. The van der Waals surface area contributed by atoms with E-state index < -0.39 is 23.5 Å². The summed E-state index contributed by atoms with van der Waals surface area (Å²) in [7, 11) is 0. The Morgan fingerprint density at radius 2 is 1.75 bits per heavy atom. The predicted octanol–water partition coefficient (Wildman–Crippen LogP) is 7.03. The highest BCUT2D eigenvalue weighted by atomic mass is 32.1. The predicted molar refractivity (Wildman–Crippen MR) is 153 cm³/mol. The molecule has 1 fully saturated rings. The molecule has 7 nitrogen and oxygen atoms in total. The van der Waals surface area contributed by atoms with Gasteiger partial charge in [-0.15, -0.1) is 0 Å². The molecule has 1 atom stereocenters. The number of anilines is 1. The van der Waals surface area contributed by atoms with Crippen molar-refractivity contribution in [1.29, 1.82) is 0 Å². The van der Waals surface area contributed by atoms with Crippen LogP contribution in [0.2, 0.25) is 0 Å². The van der Waals surface area contributed by atoms with Gasteiger partial charge in [0.05, 0.1) is 35.0 Å². The minimum Gasteiger partial charge on any atom is -0.507 e. The molecule has 9 heteroatoms. The third-order valence-electron chi connectivity index (χ3n) is 6.53. The highest BCUT2D eigenvalue weighted by molar-refractivity contribution is 7.22. The van der Waals surface area contributed by atoms with Crippen molar-refractivity contribution < 1.29 is 28.6 Å². The van der Waals surface area contributed by atoms with E-state index in [-0.39, 0.29) is 16.5 Å². The number of thiazole rings is 1. The first-order valence-electron chi connectivity index (χ1n) is 13.2. The number of halogens is 1. The number of Topliss-reactive ketones (excluding diaryl/α,β-unsaturated/α-hetero) is 1. The fourth-order valence-electron chi connectivity index (χ4n) is 4.52. The second-order valence-electron chi connectivity index (χ2n) is 9.42. The zero-order valence-corrected chi connectivity index (χ0v) is 23.0. The molecule has 3 aromatic carbocycles. The van der Waals surface area contributed by atoms with E-state index in [4.69, 9.17) is 9.47 Å². The monoisotopic (exact) mass is 560 g/mol. The van der Waals surface area contributed by atoms with E-state index >= 15 is 0 Å². The second-order valence-corrected chi connectivity index (χ2v) is 10.4. The van der Waals surface area contributed by atoms with Crippen LogP contribution in [0, 0.1) is 5.82 Å². The zero-order chi connectivity index (χ0) is 28.2. The van der Waals surface area contributed by atoms with Crippen molar-refractivity contribution >= 4 is 44.1 Å². The zero-order valence-electron chi connectivity index (χ0n) is 22.2. The maximum Gasteiger partial charge on any atom is 0.301 e. The number of aliphatic hydroxyl groups excluding tert-OH is 1. The second kappa shape index (κ2) is 11.9. The number of rotatable bonds is 10. The molecule has 1 saturated heterocycles. The molecule has 4 aromatic rings. The highest BCUT2D eigenvalue weighted by Gasteiger charge is 2.48. The lowest BCUT2D eigenvalue weighted by atomic mass is 9.95. The van der Waals surface area contributed by atoms with Gasteiger partial charge in [0.1, 0.15) is 23.1 Å². The van der Waals surface area contributed by atoms with Gasteiger partial charge in [-0.05, 0) is 60.9 Å². The molecule has 206 valence electrons. The minimum atomic E-state index is -0.963. The third-order valence-corrected chi connectivity index (χ3v) is 7.55. The molecule has 40 heavy (non-hydrogen) atoms. The highest BCUT2D eigenvalue weighted by Crippen LogP contribution is 2.44. The lowest BCUT2D eigenvalue weighted by molar-refractivity contribution is -0.132. The van der Waals surface area contributed by atoms with Gasteiger partial charge in [0.25, 0.3) is 5.78 Å². The first kappa shape index (κ1) is 27.3. The number of benzene rings is 3. The van der Waals surface area contributed by atoms with Crippen LogP contribution < -0.4 is 14.4 Å². The van der Waals surface area contributed by atoms with E-state index in [1.807, 2.05) is 6.92 Å². The molecule has 1 aromatic heterocycles. The molecule has 2 heterocycles. The van der Waals surface area contributed by atoms with E-state index in [1.54, 1.807) is 48.5 Å². The number of hydrogen-bond donors (Lipinski definition) is 1. The number of hydrogen-bond acceptors (Lipinski definition) is 7. The molecule has 1 amide bonds. The molecule has 1 N–H and O–H groups in total. The van der Waals surface area contributed by atoms with Crippen molar-refractivity contribution in [2.24, 2.45) is 0 Å². The summed E-state index contributed by atoms with van der Waals surface area (Å²) in [5.41, 5.74) is 1.38. The van der Waals surface area contributed by atoms with E-state index in [1.165, 1.54) is 23.1 Å². The molecule has 1 aliphatic rings. The lowest BCUT2D eigenvalue weighted by Crippen LogP contribution is -2.29. The van der Waals surface area contributed by atoms with Crippen molar-refractivity contribution in [3.63, 3.8) is 0 Å². The first-order chi connectivity index (χ1) is 19.4. The lowest BCUT2D eigenvalue weighted by Gasteiger charge is -2.23. The Morgan fingerprint density at radius 3 is 2.50 bits per heavy atom. The fraction of sp³-hybridized carbons (Fsp3) is 0.258. The summed E-state index contributed by atoms with van der Waals surface area (Å²) in [5, 5.41) is 11.7. The van der Waals surface area contributed by atoms with Crippen LogP contribution in [0.1, 0.15) is 50.3 Å². The Labute approximate surface area is 235 Å². The van der Waals surface area contributed by atoms with Crippen LogP contribution in [0.25, 0.3) is 16.0 Å². The summed E-state index contributed by atoms with van der Waals surface area (Å²) in [4.78, 5) is 32.8. The molecule has 0 spiro atoms. The third kappa shape index (κ3) is 5.42. The number of amides is 1. The molecule has 0 bridgehead atoms. The quantitative estimate of drug-likeness (QED) is 0.0970. The van der Waals surface area contributed by atoms with Crippen LogP contribution in [0.5, 0.6) is 11.5 Å². The van der Waals surface area contributed by atoms with Gasteiger partial charge in [-0.1, -0.05) is 55.9 Å². The van der Waals surface area contributed by atoms with Crippen molar-refractivity contribution in [1.82, 2.24) is 4.98 Å². The Balaban J connectivity index is 1.62. The van der Waals surface area contributed by atoms with Crippen LogP contribution >= 0.6 is 11.3 Å². The number of nitrogens with zero attached hydrogens (tertiary/aromatic N) is 2. The standard InChI is InChI=1S/C31H29FN2O5S/c1-3-5-16-39-23-8-6-7-20(17-23)28(35)26-27(19-9-12-22(13-10-19)38-15-4-2)34(30(37)29(26)36)31-33-24-14-11-21(32)18-25(24)40-31/h6-14,17-18,27,35H,3-5,15-16H2,1-2H3/b28-26+. The molecule has 1 aliphatic heterocycles. The van der Waals surface area contributed by atoms with Crippen molar-refractivity contribution in [2.75, 3.05) is 18.1 Å². The van der Waals surface area contributed by atoms with Gasteiger partial charge < -0.3 is 14.6 Å². The number of fused-ring (bicyclic) bond motifs is 1. The largest absolute Gasteiger partial charge is 0.507 e. The van der Waals surface area contributed by atoms with Gasteiger partial charge in [-0.25, -0.2) is 9.37 Å². The Kier molecular flexibility index (Phi) is 8.11. The number of aromatic nitrogens is 1. The molecule has 0 aliphatic carbocycles. The number of unbranched alkanes of at least 4 members (excludes halogenated alkanes) is 1. The SMILES string of the molecule is CCCCOc1cccc(/C(O)=C2\C(=O)C(=O)N(c3nc4ccc(F)cc4s3)C2c2ccc(OCCC)cc2)c1. The summed E-state index contributed by atoms with van der Waals surface area (Å²) < 4.78 is 25.9. The van der Waals surface area contributed by atoms with Crippen LogP contribution in [0.15, 0.2) is 72.3 Å². The normalized spacial score (nSPS) is 16.6. The van der Waals surface area contributed by atoms with Gasteiger partial charge in [0.2, 0.25) is 0 Å². The molecule has 0 saturated carbocycles. The molecular formula is C31H29FN2O5S. The van der Waals surface area contributed by atoms with Gasteiger partial charge in [0.15, 0.2) is 5.13 Å². The minimum absolute atomic E-state index is 0.0663. The van der Waals surface area contributed by atoms with Gasteiger partial charge in [-0.2, -0.15) is 0 Å². The maximum absolute atomic E-state index is 13.9. The average molecular weight is 561 g/mol. The van der Waals surface area contributed by atoms with Gasteiger partial charge in [0, 0.05) is 5.56 Å². The van der Waals surface area contributed by atoms with Crippen LogP contribution in [0.4, 0.5) is 9.52 Å². The van der Waals surface area contributed by atoms with Crippen LogP contribution in [0.3, 0.4) is 0 Å². The van der Waals surface area contributed by atoms with Crippen LogP contribution in [-0.4, -0.2) is 35.0 Å². The average Bonchev–Trinajstić information content (AvgIpc) is 3.49. The number of carbonyl (C=O) groups excluding carboxylic acids is 2. The summed E-state index contributed by atoms with van der Waals surface area (Å²) >= 11 is 1.10. The topological polar surface area (TPSA) is 89.0 Å². The van der Waals surface area contributed by atoms with E-state index in [0.29, 0.717) is 46.1 Å². The summed E-state index contributed by atoms with van der Waals surface area (Å²) in [5.74, 6) is -1.21. The van der Waals surface area contributed by atoms with E-state index in [9.17, 15) is 19.1 Å². The van der Waals surface area contributed by atoms with Crippen molar-refractivity contribution in [3.8, 4) is 11.5 Å². The molecule has 0 radical (unpaired) electrons. The van der Waals surface area contributed by atoms with Gasteiger partial charge in [-0.3, -0.25) is 14.5 Å². The number of ketones is 1. The Hall–Kier alpha value is -4.24. The van der Waals surface area contributed by atoms with Crippen molar-refractivity contribution in [3.05, 3.63) is 89.2 Å². The Bertz CT molecular complexity index is 1580. The van der Waals surface area contributed by atoms with Crippen LogP contribution in [-0.2, 0) is 9.59 Å². The van der Waals surface area contributed by atoms with Gasteiger partial charge >= 0.3 is 5.91 Å². The fourth-order valence-corrected chi connectivity index (χ4v) is 5.54. The summed E-state index contributed by atoms with van der Waals surface area (Å²) in [6.45, 7) is 5.15. The first-order valence-corrected chi connectivity index (χ1v) is 14.1. The number of ether oxygens (including phenoxy) is 2. The van der Waals surface area contributed by atoms with Crippen molar-refractivity contribution in [2.45, 2.75) is 39.2 Å². The molecule has 1 unspecified atom stereocenters. The summed E-state index contributed by atoms with van der Waals surface area (Å²) in [6, 6.07) is 17.1. The maximum atomic E-state index is 13.9. The van der Waals surface area contributed by atoms with E-state index in [2.05, 4.69) is 11.9 Å².